The van der Waals surface area contributed by atoms with E-state index in [1.54, 1.807) is 35.5 Å². The van der Waals surface area contributed by atoms with E-state index in [0.717, 1.165) is 62.5 Å². The Hall–Kier alpha value is -4.32. The second-order valence-electron chi connectivity index (χ2n) is 8.33. The van der Waals surface area contributed by atoms with Crippen molar-refractivity contribution in [1.29, 1.82) is 0 Å². The van der Waals surface area contributed by atoms with Crippen molar-refractivity contribution in [2.24, 2.45) is 0 Å². The van der Waals surface area contributed by atoms with E-state index in [1.165, 1.54) is 0 Å². The molecule has 1 heterocycles. The van der Waals surface area contributed by atoms with Crippen molar-refractivity contribution in [3.63, 3.8) is 0 Å². The van der Waals surface area contributed by atoms with Gasteiger partial charge in [-0.05, 0) is 48.5 Å². The Morgan fingerprint density at radius 2 is 0.944 bits per heavy atom. The Morgan fingerprint density at radius 1 is 0.500 bits per heavy atom. The molecule has 6 heteroatoms. The van der Waals surface area contributed by atoms with Gasteiger partial charge in [0.1, 0.15) is 28.7 Å². The van der Waals surface area contributed by atoms with E-state index in [0.29, 0.717) is 0 Å². The molecule has 6 nitrogen and oxygen atoms in total. The summed E-state index contributed by atoms with van der Waals surface area (Å²) < 4.78 is 29.2. The number of hydrogen-bond donors (Lipinski definition) is 0. The minimum absolute atomic E-state index is 0.282. The maximum atomic E-state index is 5.96. The summed E-state index contributed by atoms with van der Waals surface area (Å²) in [6, 6.07) is 26.1. The van der Waals surface area contributed by atoms with E-state index < -0.39 is 0 Å². The highest BCUT2D eigenvalue weighted by atomic mass is 16.5. The summed E-state index contributed by atoms with van der Waals surface area (Å²) in [6.45, 7) is 0. The molecular weight excluding hydrogens is 454 g/mol. The van der Waals surface area contributed by atoms with Crippen LogP contribution >= 0.6 is 0 Å². The third-order valence-corrected chi connectivity index (χ3v) is 6.65. The zero-order chi connectivity index (χ0) is 25.2. The van der Waals surface area contributed by atoms with E-state index in [9.17, 15) is 0 Å². The molecule has 5 rings (SSSR count). The van der Waals surface area contributed by atoms with E-state index in [4.69, 9.17) is 23.7 Å². The highest BCUT2D eigenvalue weighted by Crippen LogP contribution is 2.59. The smallest absolute Gasteiger partial charge is 0.126 e. The number of methoxy groups -OCH3 is 5. The van der Waals surface area contributed by atoms with Crippen molar-refractivity contribution in [3.05, 3.63) is 95.6 Å². The van der Waals surface area contributed by atoms with Gasteiger partial charge in [-0.15, -0.1) is 0 Å². The largest absolute Gasteiger partial charge is 0.497 e. The van der Waals surface area contributed by atoms with Crippen molar-refractivity contribution in [3.8, 4) is 28.7 Å². The molecule has 0 bridgehead atoms. The standard InChI is InChI=1S/C30H29NO5/c1-32-20-11-6-10-19(18-20)31-21-12-7-14-23(33-2)27(21)30(28-22(31)13-8-15-24(28)34-3)29-25(35-4)16-9-17-26(29)36-5/h6-18,30H,1-5H3. The first-order chi connectivity index (χ1) is 17.7. The van der Waals surface area contributed by atoms with Crippen LogP contribution in [-0.4, -0.2) is 35.5 Å². The van der Waals surface area contributed by atoms with E-state index in [1.807, 2.05) is 60.7 Å². The molecule has 4 aromatic carbocycles. The molecule has 36 heavy (non-hydrogen) atoms. The highest BCUT2D eigenvalue weighted by molar-refractivity contribution is 5.89. The van der Waals surface area contributed by atoms with Crippen LogP contribution < -0.4 is 28.6 Å². The second-order valence-corrected chi connectivity index (χ2v) is 8.33. The lowest BCUT2D eigenvalue weighted by Gasteiger charge is -2.39. The lowest BCUT2D eigenvalue weighted by molar-refractivity contribution is 0.378. The summed E-state index contributed by atoms with van der Waals surface area (Å²) in [4.78, 5) is 2.22. The Balaban J connectivity index is 1.92. The fourth-order valence-electron chi connectivity index (χ4n) is 5.15. The van der Waals surface area contributed by atoms with Gasteiger partial charge in [-0.1, -0.05) is 24.3 Å². The molecule has 0 saturated carbocycles. The molecule has 1 aliphatic heterocycles. The van der Waals surface area contributed by atoms with Crippen molar-refractivity contribution in [1.82, 2.24) is 0 Å². The van der Waals surface area contributed by atoms with Gasteiger partial charge < -0.3 is 28.6 Å². The van der Waals surface area contributed by atoms with Gasteiger partial charge in [0.25, 0.3) is 0 Å². The van der Waals surface area contributed by atoms with E-state index >= 15 is 0 Å². The molecule has 0 saturated heterocycles. The van der Waals surface area contributed by atoms with E-state index in [2.05, 4.69) is 23.1 Å². The summed E-state index contributed by atoms with van der Waals surface area (Å²) in [7, 11) is 8.42. The predicted octanol–water partition coefficient (Wildman–Crippen LogP) is 6.69. The second kappa shape index (κ2) is 9.74. The normalized spacial score (nSPS) is 12.4. The summed E-state index contributed by atoms with van der Waals surface area (Å²) in [5.41, 5.74) is 5.82. The number of hydrogen-bond acceptors (Lipinski definition) is 6. The third-order valence-electron chi connectivity index (χ3n) is 6.65. The van der Waals surface area contributed by atoms with Crippen LogP contribution in [-0.2, 0) is 0 Å². The molecule has 0 radical (unpaired) electrons. The first kappa shape index (κ1) is 23.4. The predicted molar refractivity (Wildman–Crippen MR) is 141 cm³/mol. The zero-order valence-corrected chi connectivity index (χ0v) is 21.1. The monoisotopic (exact) mass is 483 g/mol. The molecular formula is C30H29NO5. The van der Waals surface area contributed by atoms with Crippen LogP contribution in [0.1, 0.15) is 22.6 Å². The molecule has 0 aliphatic carbocycles. The molecule has 0 spiro atoms. The number of anilines is 3. The summed E-state index contributed by atoms with van der Waals surface area (Å²) in [5.74, 6) is 3.46. The number of ether oxygens (including phenoxy) is 5. The zero-order valence-electron chi connectivity index (χ0n) is 21.1. The minimum Gasteiger partial charge on any atom is -0.497 e. The van der Waals surface area contributed by atoms with Crippen molar-refractivity contribution in [2.75, 3.05) is 40.4 Å². The fraction of sp³-hybridized carbons (Fsp3) is 0.200. The van der Waals surface area contributed by atoms with Crippen LogP contribution in [0.15, 0.2) is 78.9 Å². The Morgan fingerprint density at radius 3 is 1.42 bits per heavy atom. The van der Waals surface area contributed by atoms with Crippen LogP contribution in [0.25, 0.3) is 0 Å². The molecule has 4 aromatic rings. The fourth-order valence-corrected chi connectivity index (χ4v) is 5.15. The molecule has 1 aliphatic rings. The summed E-state index contributed by atoms with van der Waals surface area (Å²) in [6.07, 6.45) is 0. The quantitative estimate of drug-likeness (QED) is 0.257. The maximum Gasteiger partial charge on any atom is 0.126 e. The SMILES string of the molecule is COc1cccc(N2c3cccc(OC)c3C(c3c(OC)cccc3OC)c3c(OC)cccc32)c1. The first-order valence-corrected chi connectivity index (χ1v) is 11.7. The van der Waals surface area contributed by atoms with Gasteiger partial charge in [0, 0.05) is 28.4 Å². The molecule has 0 unspecified atom stereocenters. The molecule has 184 valence electrons. The van der Waals surface area contributed by atoms with Crippen molar-refractivity contribution in [2.45, 2.75) is 5.92 Å². The van der Waals surface area contributed by atoms with Crippen LogP contribution in [0.3, 0.4) is 0 Å². The van der Waals surface area contributed by atoms with Gasteiger partial charge in [0.2, 0.25) is 0 Å². The van der Waals surface area contributed by atoms with Gasteiger partial charge >= 0.3 is 0 Å². The van der Waals surface area contributed by atoms with Crippen molar-refractivity contribution >= 4 is 17.1 Å². The number of benzene rings is 4. The van der Waals surface area contributed by atoms with Gasteiger partial charge in [-0.25, -0.2) is 0 Å². The Labute approximate surface area is 211 Å². The lowest BCUT2D eigenvalue weighted by atomic mass is 9.78. The molecule has 0 atom stereocenters. The van der Waals surface area contributed by atoms with Gasteiger partial charge in [0.05, 0.1) is 52.8 Å². The van der Waals surface area contributed by atoms with Crippen LogP contribution in [0, 0.1) is 0 Å². The van der Waals surface area contributed by atoms with Gasteiger partial charge in [0.15, 0.2) is 0 Å². The molecule has 0 amide bonds. The first-order valence-electron chi connectivity index (χ1n) is 11.7. The lowest BCUT2D eigenvalue weighted by Crippen LogP contribution is -2.24. The maximum absolute atomic E-state index is 5.96. The Kier molecular flexibility index (Phi) is 6.34. The van der Waals surface area contributed by atoms with Crippen LogP contribution in [0.2, 0.25) is 0 Å². The van der Waals surface area contributed by atoms with Gasteiger partial charge in [-0.2, -0.15) is 0 Å². The van der Waals surface area contributed by atoms with Gasteiger partial charge in [-0.3, -0.25) is 0 Å². The molecule has 0 fully saturated rings. The minimum atomic E-state index is -0.282. The highest BCUT2D eigenvalue weighted by Gasteiger charge is 2.39. The summed E-state index contributed by atoms with van der Waals surface area (Å²) in [5, 5.41) is 0. The number of nitrogens with zero attached hydrogens (tertiary/aromatic N) is 1. The number of fused-ring (bicyclic) bond motifs is 2. The van der Waals surface area contributed by atoms with Crippen molar-refractivity contribution < 1.29 is 23.7 Å². The topological polar surface area (TPSA) is 49.4 Å². The number of rotatable bonds is 7. The average Bonchev–Trinajstić information content (AvgIpc) is 2.94. The third kappa shape index (κ3) is 3.66. The summed E-state index contributed by atoms with van der Waals surface area (Å²) >= 11 is 0. The van der Waals surface area contributed by atoms with Crippen LogP contribution in [0.4, 0.5) is 17.1 Å². The van der Waals surface area contributed by atoms with Crippen LogP contribution in [0.5, 0.6) is 28.7 Å². The van der Waals surface area contributed by atoms with E-state index in [-0.39, 0.29) is 5.92 Å². The molecule has 0 N–H and O–H groups in total. The Bertz CT molecular complexity index is 1320. The molecule has 0 aromatic heterocycles. The average molecular weight is 484 g/mol.